The second-order valence-corrected chi connectivity index (χ2v) is 11.4. The number of nitrogens with zero attached hydrogens (tertiary/aromatic N) is 3. The summed E-state index contributed by atoms with van der Waals surface area (Å²) in [5.74, 6) is -1.29. The molecule has 0 N–H and O–H groups in total. The van der Waals surface area contributed by atoms with Crippen molar-refractivity contribution in [1.82, 2.24) is 9.97 Å². The van der Waals surface area contributed by atoms with Gasteiger partial charge in [-0.25, -0.2) is 27.1 Å². The molecule has 1 saturated heterocycles. The van der Waals surface area contributed by atoms with E-state index in [0.29, 0.717) is 28.9 Å². The normalized spacial score (nSPS) is 20.3. The summed E-state index contributed by atoms with van der Waals surface area (Å²) < 4.78 is 50.9. The number of carbonyl (C=O) groups excluding carboxylic acids is 1. The van der Waals surface area contributed by atoms with Gasteiger partial charge in [-0.15, -0.1) is 0 Å². The van der Waals surface area contributed by atoms with Crippen LogP contribution in [-0.2, 0) is 24.3 Å². The van der Waals surface area contributed by atoms with E-state index in [-0.39, 0.29) is 30.5 Å². The maximum Gasteiger partial charge on any atom is 0.239 e. The van der Waals surface area contributed by atoms with Gasteiger partial charge in [-0.3, -0.25) is 0 Å². The predicted octanol–water partition coefficient (Wildman–Crippen LogP) is 4.31. The Hall–Kier alpha value is -2.69. The van der Waals surface area contributed by atoms with Crippen molar-refractivity contribution in [3.63, 3.8) is 0 Å². The van der Waals surface area contributed by atoms with E-state index in [1.165, 1.54) is 19.2 Å². The lowest BCUT2D eigenvalue weighted by atomic mass is 9.97. The van der Waals surface area contributed by atoms with E-state index in [0.717, 1.165) is 16.8 Å². The minimum atomic E-state index is -3.60. The minimum Gasteiger partial charge on any atom is -0.347 e. The van der Waals surface area contributed by atoms with Crippen LogP contribution in [0.5, 0.6) is 0 Å². The summed E-state index contributed by atoms with van der Waals surface area (Å²) in [5.41, 5.74) is 2.40. The highest BCUT2D eigenvalue weighted by Gasteiger charge is 2.34. The molecular weight excluding hydrogens is 473 g/mol. The number of ether oxygens (including phenoxy) is 2. The SMILES string of the molecule is CC(C)c1nc(N(C)S(C)(=O)=O)nc(-c2ccc(F)cc2)c1/C=C/C1CC(CC=O)OC(C)(C)O1. The second-order valence-electron chi connectivity index (χ2n) is 9.36. The van der Waals surface area contributed by atoms with E-state index in [2.05, 4.69) is 9.97 Å². The van der Waals surface area contributed by atoms with Crippen molar-refractivity contribution in [1.29, 1.82) is 0 Å². The number of rotatable bonds is 8. The van der Waals surface area contributed by atoms with Crippen molar-refractivity contribution < 1.29 is 27.1 Å². The molecule has 190 valence electrons. The molecule has 1 aliphatic rings. The minimum absolute atomic E-state index is 0.0298. The van der Waals surface area contributed by atoms with Gasteiger partial charge in [0.1, 0.15) is 12.1 Å². The molecule has 2 heterocycles. The van der Waals surface area contributed by atoms with E-state index in [4.69, 9.17) is 9.47 Å². The zero-order chi connectivity index (χ0) is 26.0. The maximum absolute atomic E-state index is 13.6. The molecule has 3 rings (SSSR count). The van der Waals surface area contributed by atoms with Crippen LogP contribution < -0.4 is 4.31 Å². The van der Waals surface area contributed by atoms with Gasteiger partial charge in [0.15, 0.2) is 5.79 Å². The molecule has 0 bridgehead atoms. The monoisotopic (exact) mass is 505 g/mol. The Kier molecular flexibility index (Phi) is 8.08. The van der Waals surface area contributed by atoms with Gasteiger partial charge >= 0.3 is 0 Å². The molecule has 1 fully saturated rings. The van der Waals surface area contributed by atoms with Gasteiger partial charge in [0, 0.05) is 31.0 Å². The molecule has 1 aromatic carbocycles. The van der Waals surface area contributed by atoms with Crippen LogP contribution in [0.15, 0.2) is 30.3 Å². The zero-order valence-electron chi connectivity index (χ0n) is 20.9. The van der Waals surface area contributed by atoms with Crippen LogP contribution >= 0.6 is 0 Å². The Balaban J connectivity index is 2.14. The summed E-state index contributed by atoms with van der Waals surface area (Å²) in [6, 6.07) is 5.84. The summed E-state index contributed by atoms with van der Waals surface area (Å²) in [7, 11) is -2.21. The number of hydrogen-bond acceptors (Lipinski definition) is 7. The molecule has 0 radical (unpaired) electrons. The topological polar surface area (TPSA) is 98.7 Å². The number of aldehydes is 1. The Morgan fingerprint density at radius 2 is 1.86 bits per heavy atom. The first-order valence-corrected chi connectivity index (χ1v) is 13.2. The van der Waals surface area contributed by atoms with E-state index >= 15 is 0 Å². The van der Waals surface area contributed by atoms with Crippen LogP contribution in [0.2, 0.25) is 0 Å². The van der Waals surface area contributed by atoms with Crippen LogP contribution in [0, 0.1) is 5.82 Å². The molecule has 2 unspecified atom stereocenters. The van der Waals surface area contributed by atoms with Crippen LogP contribution in [-0.4, -0.2) is 56.0 Å². The lowest BCUT2D eigenvalue weighted by Crippen LogP contribution is -2.44. The Morgan fingerprint density at radius 3 is 2.43 bits per heavy atom. The fourth-order valence-electron chi connectivity index (χ4n) is 3.92. The zero-order valence-corrected chi connectivity index (χ0v) is 21.7. The number of hydrogen-bond donors (Lipinski definition) is 0. The first-order valence-electron chi connectivity index (χ1n) is 11.4. The largest absolute Gasteiger partial charge is 0.347 e. The molecule has 0 spiro atoms. The van der Waals surface area contributed by atoms with Crippen molar-refractivity contribution in [3.8, 4) is 11.3 Å². The highest BCUT2D eigenvalue weighted by Crippen LogP contribution is 2.33. The number of benzene rings is 1. The highest BCUT2D eigenvalue weighted by atomic mass is 32.2. The molecule has 35 heavy (non-hydrogen) atoms. The quantitative estimate of drug-likeness (QED) is 0.493. The van der Waals surface area contributed by atoms with Crippen LogP contribution in [0.25, 0.3) is 17.3 Å². The standard InChI is InChI=1S/C25H32FN3O5S/c1-16(2)22-21(12-11-19-15-20(13-14-30)34-25(3,4)33-19)23(17-7-9-18(26)10-8-17)28-24(27-22)29(5)35(6,31)32/h7-12,14,16,19-20H,13,15H2,1-6H3/b12-11+. The predicted molar refractivity (Wildman–Crippen MR) is 133 cm³/mol. The molecule has 2 aromatic rings. The molecule has 0 saturated carbocycles. The summed E-state index contributed by atoms with van der Waals surface area (Å²) in [6.07, 6.45) is 5.81. The average molecular weight is 506 g/mol. The van der Waals surface area contributed by atoms with Crippen LogP contribution in [0.4, 0.5) is 10.3 Å². The lowest BCUT2D eigenvalue weighted by Gasteiger charge is -2.39. The third-order valence-electron chi connectivity index (χ3n) is 5.62. The van der Waals surface area contributed by atoms with Crippen molar-refractivity contribution in [2.45, 2.75) is 64.4 Å². The van der Waals surface area contributed by atoms with Gasteiger partial charge in [0.25, 0.3) is 0 Å². The van der Waals surface area contributed by atoms with E-state index in [1.54, 1.807) is 26.0 Å². The number of anilines is 1. The summed E-state index contributed by atoms with van der Waals surface area (Å²) >= 11 is 0. The fraction of sp³-hybridized carbons (Fsp3) is 0.480. The average Bonchev–Trinajstić information content (AvgIpc) is 2.75. The second kappa shape index (κ2) is 10.5. The van der Waals surface area contributed by atoms with Crippen molar-refractivity contribution in [3.05, 3.63) is 47.4 Å². The van der Waals surface area contributed by atoms with E-state index in [1.807, 2.05) is 26.0 Å². The molecule has 10 heteroatoms. The number of halogens is 1. The van der Waals surface area contributed by atoms with E-state index < -0.39 is 21.6 Å². The first-order chi connectivity index (χ1) is 16.3. The van der Waals surface area contributed by atoms with Crippen molar-refractivity contribution in [2.24, 2.45) is 0 Å². The molecule has 1 aromatic heterocycles. The van der Waals surface area contributed by atoms with Crippen LogP contribution in [0.1, 0.15) is 57.7 Å². The van der Waals surface area contributed by atoms with E-state index in [9.17, 15) is 17.6 Å². The van der Waals surface area contributed by atoms with Gasteiger partial charge in [0.05, 0.1) is 29.9 Å². The summed E-state index contributed by atoms with van der Waals surface area (Å²) in [6.45, 7) is 7.50. The number of sulfonamides is 1. The fourth-order valence-corrected chi connectivity index (χ4v) is 4.30. The van der Waals surface area contributed by atoms with Gasteiger partial charge in [-0.05, 0) is 44.0 Å². The van der Waals surface area contributed by atoms with Crippen LogP contribution in [0.3, 0.4) is 0 Å². The first kappa shape index (κ1) is 26.9. The Labute approximate surface area is 206 Å². The summed E-state index contributed by atoms with van der Waals surface area (Å²) in [4.78, 5) is 20.2. The van der Waals surface area contributed by atoms with Gasteiger partial charge < -0.3 is 14.3 Å². The molecule has 1 aliphatic heterocycles. The van der Waals surface area contributed by atoms with Gasteiger partial charge in [-0.2, -0.15) is 0 Å². The van der Waals surface area contributed by atoms with Gasteiger partial charge in [-0.1, -0.05) is 26.0 Å². The number of carbonyl (C=O) groups is 1. The molecular formula is C25H32FN3O5S. The lowest BCUT2D eigenvalue weighted by molar-refractivity contribution is -0.289. The third-order valence-corrected chi connectivity index (χ3v) is 6.78. The molecule has 8 nitrogen and oxygen atoms in total. The molecule has 0 amide bonds. The number of aromatic nitrogens is 2. The Bertz CT molecular complexity index is 1200. The third kappa shape index (κ3) is 6.71. The van der Waals surface area contributed by atoms with Crippen molar-refractivity contribution in [2.75, 3.05) is 17.6 Å². The Morgan fingerprint density at radius 1 is 1.20 bits per heavy atom. The smallest absolute Gasteiger partial charge is 0.239 e. The van der Waals surface area contributed by atoms with Crippen molar-refractivity contribution >= 4 is 28.3 Å². The maximum atomic E-state index is 13.6. The van der Waals surface area contributed by atoms with Gasteiger partial charge in [0.2, 0.25) is 16.0 Å². The molecule has 0 aliphatic carbocycles. The summed E-state index contributed by atoms with van der Waals surface area (Å²) in [5, 5.41) is 0. The highest BCUT2D eigenvalue weighted by molar-refractivity contribution is 7.92. The molecule has 2 atom stereocenters.